The molecule has 0 radical (unpaired) electrons. The van der Waals surface area contributed by atoms with Crippen molar-refractivity contribution in [1.29, 1.82) is 0 Å². The molecule has 1 aromatic carbocycles. The maximum atomic E-state index is 14.1. The van der Waals surface area contributed by atoms with E-state index in [2.05, 4.69) is 12.2 Å². The van der Waals surface area contributed by atoms with E-state index in [1.54, 1.807) is 6.07 Å². The molecule has 0 bridgehead atoms. The molecule has 1 fully saturated rings. The summed E-state index contributed by atoms with van der Waals surface area (Å²) < 4.78 is 14.1. The molecule has 19 heavy (non-hydrogen) atoms. The molecule has 0 amide bonds. The van der Waals surface area contributed by atoms with Crippen LogP contribution in [0, 0.1) is 18.7 Å². The van der Waals surface area contributed by atoms with Gasteiger partial charge in [0.15, 0.2) is 0 Å². The van der Waals surface area contributed by atoms with E-state index in [0.717, 1.165) is 30.0 Å². The van der Waals surface area contributed by atoms with Gasteiger partial charge in [-0.1, -0.05) is 51.2 Å². The monoisotopic (exact) mass is 263 g/mol. The third kappa shape index (κ3) is 4.04. The number of benzene rings is 1. The van der Waals surface area contributed by atoms with Crippen LogP contribution in [0.2, 0.25) is 0 Å². The normalized spacial score (nSPS) is 18.5. The van der Waals surface area contributed by atoms with E-state index >= 15 is 0 Å². The fraction of sp³-hybridized carbons (Fsp3) is 0.647. The van der Waals surface area contributed by atoms with E-state index in [-0.39, 0.29) is 11.9 Å². The second-order valence-corrected chi connectivity index (χ2v) is 5.87. The zero-order valence-corrected chi connectivity index (χ0v) is 12.2. The fourth-order valence-corrected chi connectivity index (χ4v) is 3.24. The molecule has 2 rings (SSSR count). The molecule has 106 valence electrons. The van der Waals surface area contributed by atoms with Gasteiger partial charge in [0.2, 0.25) is 0 Å². The zero-order valence-electron chi connectivity index (χ0n) is 12.2. The zero-order chi connectivity index (χ0) is 13.7. The molecule has 1 atom stereocenters. The summed E-state index contributed by atoms with van der Waals surface area (Å²) >= 11 is 0. The summed E-state index contributed by atoms with van der Waals surface area (Å²) in [5.74, 6) is 0.709. The highest BCUT2D eigenvalue weighted by atomic mass is 19.1. The lowest BCUT2D eigenvalue weighted by Crippen LogP contribution is -2.25. The van der Waals surface area contributed by atoms with Crippen LogP contribution in [-0.4, -0.2) is 6.54 Å². The molecule has 1 N–H and O–H groups in total. The Labute approximate surface area is 116 Å². The second-order valence-electron chi connectivity index (χ2n) is 5.87. The first-order valence-electron chi connectivity index (χ1n) is 7.70. The van der Waals surface area contributed by atoms with Gasteiger partial charge in [0, 0.05) is 11.6 Å². The molecule has 2 heteroatoms. The van der Waals surface area contributed by atoms with E-state index in [9.17, 15) is 4.39 Å². The Balaban J connectivity index is 2.09. The topological polar surface area (TPSA) is 12.0 Å². The van der Waals surface area contributed by atoms with Gasteiger partial charge in [0.1, 0.15) is 5.82 Å². The summed E-state index contributed by atoms with van der Waals surface area (Å²) in [6.45, 7) is 4.93. The van der Waals surface area contributed by atoms with Gasteiger partial charge in [-0.25, -0.2) is 4.39 Å². The van der Waals surface area contributed by atoms with Crippen molar-refractivity contribution in [2.45, 2.75) is 58.4 Å². The van der Waals surface area contributed by atoms with Crippen LogP contribution in [0.3, 0.4) is 0 Å². The molecule has 0 aromatic heterocycles. The predicted molar refractivity (Wildman–Crippen MR) is 78.7 cm³/mol. The van der Waals surface area contributed by atoms with Crippen LogP contribution >= 0.6 is 0 Å². The summed E-state index contributed by atoms with van der Waals surface area (Å²) in [6, 6.07) is 5.80. The van der Waals surface area contributed by atoms with Crippen LogP contribution in [0.1, 0.15) is 62.6 Å². The highest BCUT2D eigenvalue weighted by Gasteiger charge is 2.21. The van der Waals surface area contributed by atoms with Crippen molar-refractivity contribution in [3.8, 4) is 0 Å². The number of rotatable bonds is 5. The molecule has 1 aliphatic carbocycles. The number of aryl methyl sites for hydroxylation is 1. The summed E-state index contributed by atoms with van der Waals surface area (Å²) in [5.41, 5.74) is 1.84. The molecule has 1 aliphatic rings. The van der Waals surface area contributed by atoms with Crippen LogP contribution < -0.4 is 5.32 Å². The molecular weight excluding hydrogens is 237 g/mol. The Morgan fingerprint density at radius 2 is 2.00 bits per heavy atom. The van der Waals surface area contributed by atoms with E-state index in [4.69, 9.17) is 0 Å². The minimum Gasteiger partial charge on any atom is -0.310 e. The number of halogens is 1. The minimum absolute atomic E-state index is 0.0539. The van der Waals surface area contributed by atoms with Crippen molar-refractivity contribution in [1.82, 2.24) is 5.32 Å². The molecular formula is C17H26FN. The van der Waals surface area contributed by atoms with Crippen molar-refractivity contribution in [2.75, 3.05) is 6.54 Å². The molecule has 0 aliphatic heterocycles. The Kier molecular flexibility index (Phi) is 5.38. The van der Waals surface area contributed by atoms with Crippen LogP contribution in [0.5, 0.6) is 0 Å². The van der Waals surface area contributed by atoms with Crippen LogP contribution in [0.25, 0.3) is 0 Å². The molecule has 0 heterocycles. The molecule has 1 saturated carbocycles. The van der Waals surface area contributed by atoms with Gasteiger partial charge in [0.05, 0.1) is 0 Å². The lowest BCUT2D eigenvalue weighted by atomic mass is 9.83. The van der Waals surface area contributed by atoms with Crippen LogP contribution in [-0.2, 0) is 0 Å². The van der Waals surface area contributed by atoms with Gasteiger partial charge in [-0.3, -0.25) is 0 Å². The van der Waals surface area contributed by atoms with Gasteiger partial charge in [-0.2, -0.15) is 0 Å². The van der Waals surface area contributed by atoms with Gasteiger partial charge < -0.3 is 5.32 Å². The molecule has 0 saturated heterocycles. The van der Waals surface area contributed by atoms with Gasteiger partial charge in [0.25, 0.3) is 0 Å². The fourth-order valence-electron chi connectivity index (χ4n) is 3.24. The SMILES string of the molecule is CCNC(CC1CCCCC1)c1ccc(C)cc1F. The highest BCUT2D eigenvalue weighted by molar-refractivity contribution is 5.26. The molecule has 0 spiro atoms. The van der Waals surface area contributed by atoms with Crippen molar-refractivity contribution in [3.05, 3.63) is 35.1 Å². The Bertz CT molecular complexity index is 396. The van der Waals surface area contributed by atoms with Gasteiger partial charge in [-0.05, 0) is 37.4 Å². The highest BCUT2D eigenvalue weighted by Crippen LogP contribution is 2.32. The molecule has 1 unspecified atom stereocenters. The Morgan fingerprint density at radius 3 is 2.63 bits per heavy atom. The van der Waals surface area contributed by atoms with Crippen molar-refractivity contribution in [3.63, 3.8) is 0 Å². The number of hydrogen-bond acceptors (Lipinski definition) is 1. The smallest absolute Gasteiger partial charge is 0.128 e. The molecule has 1 aromatic rings. The average Bonchev–Trinajstić information content (AvgIpc) is 2.39. The van der Waals surface area contributed by atoms with Crippen molar-refractivity contribution >= 4 is 0 Å². The number of nitrogens with one attached hydrogen (secondary N) is 1. The first kappa shape index (κ1) is 14.5. The summed E-state index contributed by atoms with van der Waals surface area (Å²) in [4.78, 5) is 0. The third-order valence-electron chi connectivity index (χ3n) is 4.28. The van der Waals surface area contributed by atoms with E-state index < -0.39 is 0 Å². The average molecular weight is 263 g/mol. The van der Waals surface area contributed by atoms with Gasteiger partial charge in [-0.15, -0.1) is 0 Å². The van der Waals surface area contributed by atoms with Crippen LogP contribution in [0.4, 0.5) is 4.39 Å². The van der Waals surface area contributed by atoms with Crippen LogP contribution in [0.15, 0.2) is 18.2 Å². The van der Waals surface area contributed by atoms with Gasteiger partial charge >= 0.3 is 0 Å². The Hall–Kier alpha value is -0.890. The first-order chi connectivity index (χ1) is 9.20. The predicted octanol–water partition coefficient (Wildman–Crippen LogP) is 4.76. The maximum absolute atomic E-state index is 14.1. The lowest BCUT2D eigenvalue weighted by Gasteiger charge is -2.27. The number of hydrogen-bond donors (Lipinski definition) is 1. The standard InChI is InChI=1S/C17H26FN/c1-3-19-17(12-14-7-5-4-6-8-14)15-10-9-13(2)11-16(15)18/h9-11,14,17,19H,3-8,12H2,1-2H3. The first-order valence-corrected chi connectivity index (χ1v) is 7.70. The van der Waals surface area contributed by atoms with Crippen molar-refractivity contribution in [2.24, 2.45) is 5.92 Å². The maximum Gasteiger partial charge on any atom is 0.128 e. The second kappa shape index (κ2) is 7.04. The third-order valence-corrected chi connectivity index (χ3v) is 4.28. The lowest BCUT2D eigenvalue weighted by molar-refractivity contribution is 0.298. The summed E-state index contributed by atoms with van der Waals surface area (Å²) in [5, 5.41) is 3.47. The van der Waals surface area contributed by atoms with Crippen molar-refractivity contribution < 1.29 is 4.39 Å². The Morgan fingerprint density at radius 1 is 1.26 bits per heavy atom. The van der Waals surface area contributed by atoms with E-state index in [0.29, 0.717) is 0 Å². The minimum atomic E-state index is -0.0539. The van der Waals surface area contributed by atoms with E-state index in [1.807, 2.05) is 19.1 Å². The van der Waals surface area contributed by atoms with E-state index in [1.165, 1.54) is 32.1 Å². The molecule has 1 nitrogen and oxygen atoms in total. The summed E-state index contributed by atoms with van der Waals surface area (Å²) in [7, 11) is 0. The largest absolute Gasteiger partial charge is 0.310 e. The quantitative estimate of drug-likeness (QED) is 0.808. The summed E-state index contributed by atoms with van der Waals surface area (Å²) in [6.07, 6.45) is 7.78.